The zero-order valence-corrected chi connectivity index (χ0v) is 22.0. The van der Waals surface area contributed by atoms with Gasteiger partial charge >= 0.3 is 0 Å². The van der Waals surface area contributed by atoms with E-state index in [2.05, 4.69) is 17.6 Å². The Morgan fingerprint density at radius 1 is 0.944 bits per heavy atom. The number of nitrogens with zero attached hydrogens (tertiary/aromatic N) is 1. The van der Waals surface area contributed by atoms with Crippen LogP contribution in [0.15, 0.2) is 72.4 Å². The molecule has 0 unspecified atom stereocenters. The average Bonchev–Trinajstić information content (AvgIpc) is 2.84. The van der Waals surface area contributed by atoms with Crippen molar-refractivity contribution in [2.24, 2.45) is 0 Å². The lowest BCUT2D eigenvalue weighted by molar-refractivity contribution is -0.113. The summed E-state index contributed by atoms with van der Waals surface area (Å²) in [6.45, 7) is 2.71. The highest BCUT2D eigenvalue weighted by molar-refractivity contribution is 6.35. The standard InChI is InChI=1S/C28H29Cl2N3O3/c1-4-5-14-36-25-12-8-20(9-13-25)27(34)32-26(15-19-6-10-24(11-7-19)33(2)3)28(35)31-23-17-21(29)16-22(30)18-23/h6-13,15-18H,4-5,14H2,1-3H3,(H,31,35)(H,32,34)/b26-15+. The molecule has 0 radical (unpaired) electrons. The highest BCUT2D eigenvalue weighted by Crippen LogP contribution is 2.23. The first kappa shape index (κ1) is 27.1. The lowest BCUT2D eigenvalue weighted by Crippen LogP contribution is -2.30. The highest BCUT2D eigenvalue weighted by atomic mass is 35.5. The van der Waals surface area contributed by atoms with Crippen LogP contribution in [-0.4, -0.2) is 32.5 Å². The van der Waals surface area contributed by atoms with Gasteiger partial charge in [-0.15, -0.1) is 0 Å². The second-order valence-electron chi connectivity index (χ2n) is 8.34. The van der Waals surface area contributed by atoms with Crippen LogP contribution in [0.3, 0.4) is 0 Å². The van der Waals surface area contributed by atoms with Gasteiger partial charge in [-0.05, 0) is 72.7 Å². The molecule has 2 N–H and O–H groups in total. The van der Waals surface area contributed by atoms with Gasteiger partial charge in [-0.2, -0.15) is 0 Å². The smallest absolute Gasteiger partial charge is 0.272 e. The maximum Gasteiger partial charge on any atom is 0.272 e. The fourth-order valence-corrected chi connectivity index (χ4v) is 3.78. The molecule has 0 aliphatic rings. The molecule has 0 aliphatic heterocycles. The number of amides is 2. The van der Waals surface area contributed by atoms with Gasteiger partial charge in [0.1, 0.15) is 11.4 Å². The number of nitrogens with one attached hydrogen (secondary N) is 2. The molecule has 0 bridgehead atoms. The fourth-order valence-electron chi connectivity index (χ4n) is 3.25. The summed E-state index contributed by atoms with van der Waals surface area (Å²) in [5.74, 6) is -0.254. The number of rotatable bonds is 10. The summed E-state index contributed by atoms with van der Waals surface area (Å²) in [6.07, 6.45) is 3.61. The molecule has 188 valence electrons. The van der Waals surface area contributed by atoms with Gasteiger partial charge in [0.15, 0.2) is 0 Å². The number of hydrogen-bond donors (Lipinski definition) is 2. The van der Waals surface area contributed by atoms with Crippen LogP contribution in [0, 0.1) is 0 Å². The van der Waals surface area contributed by atoms with E-state index in [1.165, 1.54) is 0 Å². The number of anilines is 2. The van der Waals surface area contributed by atoms with E-state index in [4.69, 9.17) is 27.9 Å². The number of ether oxygens (including phenoxy) is 1. The Morgan fingerprint density at radius 3 is 2.17 bits per heavy atom. The molecular formula is C28H29Cl2N3O3. The predicted molar refractivity (Wildman–Crippen MR) is 148 cm³/mol. The Kier molecular flexibility index (Phi) is 9.79. The van der Waals surface area contributed by atoms with Gasteiger partial charge in [0, 0.05) is 41.1 Å². The molecule has 0 fully saturated rings. The molecule has 3 aromatic carbocycles. The van der Waals surface area contributed by atoms with Crippen molar-refractivity contribution in [1.82, 2.24) is 5.32 Å². The summed E-state index contributed by atoms with van der Waals surface area (Å²) in [5, 5.41) is 6.25. The Labute approximate surface area is 221 Å². The third-order valence-corrected chi connectivity index (χ3v) is 5.65. The van der Waals surface area contributed by atoms with E-state index in [0.29, 0.717) is 33.7 Å². The Balaban J connectivity index is 1.83. The largest absolute Gasteiger partial charge is 0.494 e. The third kappa shape index (κ3) is 8.04. The highest BCUT2D eigenvalue weighted by Gasteiger charge is 2.16. The van der Waals surface area contributed by atoms with Gasteiger partial charge in [-0.25, -0.2) is 0 Å². The number of unbranched alkanes of at least 4 members (excludes halogenated alkanes) is 1. The van der Waals surface area contributed by atoms with E-state index in [-0.39, 0.29) is 5.70 Å². The number of benzene rings is 3. The second-order valence-corrected chi connectivity index (χ2v) is 9.21. The van der Waals surface area contributed by atoms with Crippen molar-refractivity contribution in [1.29, 1.82) is 0 Å². The molecule has 0 spiro atoms. The molecule has 3 rings (SSSR count). The number of carbonyl (C=O) groups is 2. The van der Waals surface area contributed by atoms with E-state index in [9.17, 15) is 9.59 Å². The lowest BCUT2D eigenvalue weighted by Gasteiger charge is -2.14. The molecule has 0 saturated carbocycles. The van der Waals surface area contributed by atoms with Crippen molar-refractivity contribution in [3.05, 3.63) is 93.6 Å². The summed E-state index contributed by atoms with van der Waals surface area (Å²) >= 11 is 12.1. The van der Waals surface area contributed by atoms with Gasteiger partial charge in [0.2, 0.25) is 0 Å². The van der Waals surface area contributed by atoms with E-state index < -0.39 is 11.8 Å². The third-order valence-electron chi connectivity index (χ3n) is 5.22. The van der Waals surface area contributed by atoms with Crippen molar-refractivity contribution in [2.75, 3.05) is 30.9 Å². The lowest BCUT2D eigenvalue weighted by atomic mass is 10.1. The van der Waals surface area contributed by atoms with Crippen molar-refractivity contribution >= 4 is 52.5 Å². The van der Waals surface area contributed by atoms with Crippen LogP contribution in [0.5, 0.6) is 5.75 Å². The average molecular weight is 526 g/mol. The van der Waals surface area contributed by atoms with Crippen molar-refractivity contribution in [2.45, 2.75) is 19.8 Å². The molecule has 8 heteroatoms. The quantitative estimate of drug-likeness (QED) is 0.229. The summed E-state index contributed by atoms with van der Waals surface area (Å²) in [6, 6.07) is 19.1. The van der Waals surface area contributed by atoms with Crippen LogP contribution in [0.1, 0.15) is 35.7 Å². The maximum atomic E-state index is 13.2. The van der Waals surface area contributed by atoms with Crippen LogP contribution < -0.4 is 20.3 Å². The molecule has 0 atom stereocenters. The molecular weight excluding hydrogens is 497 g/mol. The number of carbonyl (C=O) groups excluding carboxylic acids is 2. The van der Waals surface area contributed by atoms with Gasteiger partial charge in [0.05, 0.1) is 6.61 Å². The first-order valence-corrected chi connectivity index (χ1v) is 12.3. The summed E-state index contributed by atoms with van der Waals surface area (Å²) in [5.41, 5.74) is 2.63. The normalized spacial score (nSPS) is 11.1. The Morgan fingerprint density at radius 2 is 1.58 bits per heavy atom. The van der Waals surface area contributed by atoms with Gasteiger partial charge in [-0.3, -0.25) is 9.59 Å². The van der Waals surface area contributed by atoms with Gasteiger partial charge in [-0.1, -0.05) is 48.7 Å². The Bertz CT molecular complexity index is 1200. The van der Waals surface area contributed by atoms with E-state index in [1.54, 1.807) is 48.5 Å². The molecule has 0 heterocycles. The molecule has 0 saturated heterocycles. The molecule has 6 nitrogen and oxygen atoms in total. The monoisotopic (exact) mass is 525 g/mol. The predicted octanol–water partition coefficient (Wildman–Crippen LogP) is 6.65. The zero-order valence-electron chi connectivity index (χ0n) is 20.5. The second kappa shape index (κ2) is 13.0. The first-order valence-electron chi connectivity index (χ1n) is 11.6. The minimum atomic E-state index is -0.516. The van der Waals surface area contributed by atoms with Crippen molar-refractivity contribution in [3.63, 3.8) is 0 Å². The summed E-state index contributed by atoms with van der Waals surface area (Å²) in [7, 11) is 3.89. The summed E-state index contributed by atoms with van der Waals surface area (Å²) < 4.78 is 5.66. The topological polar surface area (TPSA) is 70.7 Å². The first-order chi connectivity index (χ1) is 17.2. The molecule has 36 heavy (non-hydrogen) atoms. The van der Waals surface area contributed by atoms with Crippen LogP contribution in [-0.2, 0) is 4.79 Å². The molecule has 0 aliphatic carbocycles. The fraction of sp³-hybridized carbons (Fsp3) is 0.214. The van der Waals surface area contributed by atoms with Crippen molar-refractivity contribution in [3.8, 4) is 5.75 Å². The van der Waals surface area contributed by atoms with Crippen molar-refractivity contribution < 1.29 is 14.3 Å². The molecule has 2 amide bonds. The van der Waals surface area contributed by atoms with Crippen LogP contribution in [0.4, 0.5) is 11.4 Å². The molecule has 0 aromatic heterocycles. The number of hydrogen-bond acceptors (Lipinski definition) is 4. The SMILES string of the molecule is CCCCOc1ccc(C(=O)N/C(=C/c2ccc(N(C)C)cc2)C(=O)Nc2cc(Cl)cc(Cl)c2)cc1. The van der Waals surface area contributed by atoms with E-state index >= 15 is 0 Å². The van der Waals surface area contributed by atoms with Crippen LogP contribution >= 0.6 is 23.2 Å². The maximum absolute atomic E-state index is 13.2. The van der Waals surface area contributed by atoms with Crippen LogP contribution in [0.2, 0.25) is 10.0 Å². The Hall–Kier alpha value is -3.48. The van der Waals surface area contributed by atoms with E-state index in [1.807, 2.05) is 43.3 Å². The van der Waals surface area contributed by atoms with Gasteiger partial charge < -0.3 is 20.3 Å². The number of halogens is 2. The summed E-state index contributed by atoms with van der Waals surface area (Å²) in [4.78, 5) is 28.2. The zero-order chi connectivity index (χ0) is 26.1. The van der Waals surface area contributed by atoms with Gasteiger partial charge in [0.25, 0.3) is 11.8 Å². The molecule has 3 aromatic rings. The van der Waals surface area contributed by atoms with E-state index in [0.717, 1.165) is 24.1 Å². The minimum Gasteiger partial charge on any atom is -0.494 e. The minimum absolute atomic E-state index is 0.0666. The van der Waals surface area contributed by atoms with Crippen LogP contribution in [0.25, 0.3) is 6.08 Å².